The van der Waals surface area contributed by atoms with Gasteiger partial charge in [0.1, 0.15) is 11.4 Å². The highest BCUT2D eigenvalue weighted by atomic mass is 16.6. The smallest absolute Gasteiger partial charge is 0.286 e. The molecule has 10 nitrogen and oxygen atoms in total. The molecule has 1 saturated carbocycles. The molecule has 1 aromatic heterocycles. The van der Waals surface area contributed by atoms with Crippen molar-refractivity contribution in [1.82, 2.24) is 20.1 Å². The van der Waals surface area contributed by atoms with Gasteiger partial charge in [-0.25, -0.2) is 4.98 Å². The predicted molar refractivity (Wildman–Crippen MR) is 107 cm³/mol. The summed E-state index contributed by atoms with van der Waals surface area (Å²) in [5.74, 6) is 2.64. The van der Waals surface area contributed by atoms with Gasteiger partial charge in [-0.1, -0.05) is 0 Å². The van der Waals surface area contributed by atoms with E-state index in [4.69, 9.17) is 9.47 Å². The van der Waals surface area contributed by atoms with Crippen LogP contribution in [0.15, 0.2) is 12.1 Å². The summed E-state index contributed by atoms with van der Waals surface area (Å²) in [6, 6.07) is 2.66. The molecular weight excluding hydrogens is 390 g/mol. The van der Waals surface area contributed by atoms with Crippen LogP contribution in [0.2, 0.25) is 0 Å². The molecule has 30 heavy (non-hydrogen) atoms. The number of methoxy groups -OCH3 is 1. The molecule has 1 N–H and O–H groups in total. The van der Waals surface area contributed by atoms with Crippen molar-refractivity contribution in [2.45, 2.75) is 44.4 Å². The zero-order valence-corrected chi connectivity index (χ0v) is 17.1. The van der Waals surface area contributed by atoms with Crippen molar-refractivity contribution in [3.63, 3.8) is 0 Å². The standard InChI is InChI=1S/C20H25N5O5/c1-3-30-17-10-14(15(25(27)28)11-16(17)29-2)20(26)24-8-6-13(7-9-24)19-21-18(22-23-19)12-4-5-12/h10-13H,3-9H2,1-2H3,(H,21,22,23). The molecule has 2 fully saturated rings. The summed E-state index contributed by atoms with van der Waals surface area (Å²) >= 11 is 0. The van der Waals surface area contributed by atoms with Crippen LogP contribution in [0, 0.1) is 10.1 Å². The summed E-state index contributed by atoms with van der Waals surface area (Å²) in [6.07, 6.45) is 3.75. The normalized spacial score (nSPS) is 17.1. The second kappa shape index (κ2) is 8.29. The Kier molecular flexibility index (Phi) is 5.56. The zero-order chi connectivity index (χ0) is 21.3. The van der Waals surface area contributed by atoms with Crippen molar-refractivity contribution < 1.29 is 19.2 Å². The van der Waals surface area contributed by atoms with E-state index in [0.717, 1.165) is 37.3 Å². The van der Waals surface area contributed by atoms with Gasteiger partial charge in [0.2, 0.25) is 0 Å². The number of piperidine rings is 1. The fourth-order valence-electron chi connectivity index (χ4n) is 3.82. The van der Waals surface area contributed by atoms with E-state index >= 15 is 0 Å². The number of carbonyl (C=O) groups is 1. The van der Waals surface area contributed by atoms with Gasteiger partial charge in [-0.2, -0.15) is 5.10 Å². The molecule has 160 valence electrons. The summed E-state index contributed by atoms with van der Waals surface area (Å²) in [5.41, 5.74) is -0.273. The van der Waals surface area contributed by atoms with E-state index in [2.05, 4.69) is 15.2 Å². The lowest BCUT2D eigenvalue weighted by Gasteiger charge is -2.31. The third kappa shape index (κ3) is 3.94. The number of likely N-dealkylation sites (tertiary alicyclic amines) is 1. The quantitative estimate of drug-likeness (QED) is 0.544. The molecule has 1 aliphatic carbocycles. The lowest BCUT2D eigenvalue weighted by Crippen LogP contribution is -2.38. The van der Waals surface area contributed by atoms with Crippen LogP contribution in [-0.2, 0) is 0 Å². The second-order valence-corrected chi connectivity index (χ2v) is 7.63. The highest BCUT2D eigenvalue weighted by Crippen LogP contribution is 2.39. The highest BCUT2D eigenvalue weighted by Gasteiger charge is 2.33. The summed E-state index contributed by atoms with van der Waals surface area (Å²) in [5, 5.41) is 18.9. The fraction of sp³-hybridized carbons (Fsp3) is 0.550. The lowest BCUT2D eigenvalue weighted by atomic mass is 9.95. The van der Waals surface area contributed by atoms with Gasteiger partial charge in [0, 0.05) is 31.0 Å². The average molecular weight is 415 g/mol. The number of nitro benzene ring substituents is 1. The topological polar surface area (TPSA) is 123 Å². The van der Waals surface area contributed by atoms with Gasteiger partial charge in [-0.05, 0) is 32.6 Å². The van der Waals surface area contributed by atoms with E-state index in [1.165, 1.54) is 19.2 Å². The van der Waals surface area contributed by atoms with Gasteiger partial charge in [0.05, 0.1) is 24.7 Å². The Balaban J connectivity index is 1.50. The van der Waals surface area contributed by atoms with Crippen LogP contribution in [0.3, 0.4) is 0 Å². The van der Waals surface area contributed by atoms with Crippen molar-refractivity contribution >= 4 is 11.6 Å². The molecule has 2 aliphatic rings. The molecular formula is C20H25N5O5. The van der Waals surface area contributed by atoms with Crippen LogP contribution in [0.1, 0.15) is 66.4 Å². The first-order valence-electron chi connectivity index (χ1n) is 10.2. The Morgan fingerprint density at radius 1 is 1.23 bits per heavy atom. The number of aromatic amines is 1. The summed E-state index contributed by atoms with van der Waals surface area (Å²) < 4.78 is 10.7. The van der Waals surface area contributed by atoms with Crippen molar-refractivity contribution in [2.24, 2.45) is 0 Å². The Labute approximate surface area is 173 Å². The van der Waals surface area contributed by atoms with Crippen molar-refractivity contribution in [3.05, 3.63) is 39.5 Å². The number of hydrogen-bond acceptors (Lipinski definition) is 7. The molecule has 0 unspecified atom stereocenters. The van der Waals surface area contributed by atoms with Crippen LogP contribution < -0.4 is 9.47 Å². The SMILES string of the molecule is CCOc1cc(C(=O)N2CCC(c3nc(C4CC4)n[nH]3)CC2)c([N+](=O)[O-])cc1OC. The molecule has 10 heteroatoms. The summed E-state index contributed by atoms with van der Waals surface area (Å²) in [4.78, 5) is 30.4. The minimum atomic E-state index is -0.563. The molecule has 1 aliphatic heterocycles. The molecule has 0 spiro atoms. The van der Waals surface area contributed by atoms with Gasteiger partial charge in [-0.3, -0.25) is 20.0 Å². The van der Waals surface area contributed by atoms with Crippen LogP contribution >= 0.6 is 0 Å². The molecule has 1 aromatic carbocycles. The van der Waals surface area contributed by atoms with Gasteiger partial charge < -0.3 is 14.4 Å². The largest absolute Gasteiger partial charge is 0.493 e. The first kappa shape index (κ1) is 20.1. The minimum absolute atomic E-state index is 0.0124. The van der Waals surface area contributed by atoms with Crippen molar-refractivity contribution in [3.8, 4) is 11.5 Å². The molecule has 0 radical (unpaired) electrons. The number of rotatable bonds is 7. The Hall–Kier alpha value is -3.17. The molecule has 4 rings (SSSR count). The maximum atomic E-state index is 13.1. The summed E-state index contributed by atoms with van der Waals surface area (Å²) in [6.45, 7) is 3.14. The van der Waals surface area contributed by atoms with Crippen LogP contribution in [-0.4, -0.2) is 57.7 Å². The Bertz CT molecular complexity index is 947. The predicted octanol–water partition coefficient (Wildman–Crippen LogP) is 3.02. The highest BCUT2D eigenvalue weighted by molar-refractivity contribution is 5.99. The second-order valence-electron chi connectivity index (χ2n) is 7.63. The Morgan fingerprint density at radius 2 is 1.97 bits per heavy atom. The van der Waals surface area contributed by atoms with E-state index in [9.17, 15) is 14.9 Å². The number of aromatic nitrogens is 3. The van der Waals surface area contributed by atoms with E-state index < -0.39 is 4.92 Å². The number of ether oxygens (including phenoxy) is 2. The zero-order valence-electron chi connectivity index (χ0n) is 17.1. The first-order chi connectivity index (χ1) is 14.5. The number of nitrogens with one attached hydrogen (secondary N) is 1. The molecule has 2 aromatic rings. The minimum Gasteiger partial charge on any atom is -0.493 e. The van der Waals surface area contributed by atoms with E-state index in [-0.39, 0.29) is 28.8 Å². The van der Waals surface area contributed by atoms with Gasteiger partial charge in [0.25, 0.3) is 11.6 Å². The summed E-state index contributed by atoms with van der Waals surface area (Å²) in [7, 11) is 1.41. The number of amides is 1. The fourth-order valence-corrected chi connectivity index (χ4v) is 3.82. The van der Waals surface area contributed by atoms with Gasteiger partial charge in [0.15, 0.2) is 17.3 Å². The molecule has 1 amide bonds. The van der Waals surface area contributed by atoms with Crippen molar-refractivity contribution in [1.29, 1.82) is 0 Å². The number of nitrogens with zero attached hydrogens (tertiary/aromatic N) is 4. The van der Waals surface area contributed by atoms with E-state index in [1.54, 1.807) is 11.8 Å². The number of benzene rings is 1. The van der Waals surface area contributed by atoms with Crippen LogP contribution in [0.25, 0.3) is 0 Å². The lowest BCUT2D eigenvalue weighted by molar-refractivity contribution is -0.385. The molecule has 1 saturated heterocycles. The molecule has 0 bridgehead atoms. The van der Waals surface area contributed by atoms with Crippen LogP contribution in [0.5, 0.6) is 11.5 Å². The molecule has 0 atom stereocenters. The number of H-pyrrole nitrogens is 1. The van der Waals surface area contributed by atoms with Crippen LogP contribution in [0.4, 0.5) is 5.69 Å². The Morgan fingerprint density at radius 3 is 2.57 bits per heavy atom. The maximum Gasteiger partial charge on any atom is 0.286 e. The van der Waals surface area contributed by atoms with E-state index in [1.807, 2.05) is 0 Å². The van der Waals surface area contributed by atoms with Gasteiger partial charge in [-0.15, -0.1) is 0 Å². The first-order valence-corrected chi connectivity index (χ1v) is 10.2. The van der Waals surface area contributed by atoms with E-state index in [0.29, 0.717) is 31.4 Å². The number of hydrogen-bond donors (Lipinski definition) is 1. The average Bonchev–Trinajstić information content (AvgIpc) is 3.49. The number of nitro groups is 1. The molecule has 2 heterocycles. The van der Waals surface area contributed by atoms with Crippen molar-refractivity contribution in [2.75, 3.05) is 26.8 Å². The maximum absolute atomic E-state index is 13.1. The monoisotopic (exact) mass is 415 g/mol. The third-order valence-electron chi connectivity index (χ3n) is 5.64. The van der Waals surface area contributed by atoms with Gasteiger partial charge >= 0.3 is 0 Å². The third-order valence-corrected chi connectivity index (χ3v) is 5.64. The number of carbonyl (C=O) groups excluding carboxylic acids is 1.